The molecule has 1 aliphatic rings. The van der Waals surface area contributed by atoms with Crippen molar-refractivity contribution in [3.05, 3.63) is 156 Å². The predicted molar refractivity (Wildman–Crippen MR) is 195 cm³/mol. The van der Waals surface area contributed by atoms with Crippen LogP contribution in [0.3, 0.4) is 0 Å². The number of carbonyl (C=O) groups is 1. The lowest BCUT2D eigenvalue weighted by atomic mass is 9.93. The van der Waals surface area contributed by atoms with Gasteiger partial charge in [0.15, 0.2) is 4.80 Å². The fourth-order valence-corrected chi connectivity index (χ4v) is 8.34. The lowest BCUT2D eigenvalue weighted by Gasteiger charge is -2.25. The summed E-state index contributed by atoms with van der Waals surface area (Å²) in [5, 5.41) is 0.667. The molecule has 4 aromatic carbocycles. The highest BCUT2D eigenvalue weighted by Crippen LogP contribution is 2.35. The van der Waals surface area contributed by atoms with Crippen LogP contribution in [0.25, 0.3) is 11.8 Å². The summed E-state index contributed by atoms with van der Waals surface area (Å²) < 4.78 is 29.4. The first-order chi connectivity index (χ1) is 22.2. The molecule has 232 valence electrons. The summed E-state index contributed by atoms with van der Waals surface area (Å²) in [6.07, 6.45) is 1.81. The van der Waals surface area contributed by atoms with Crippen molar-refractivity contribution in [1.29, 1.82) is 0 Å². The molecule has 0 amide bonds. The van der Waals surface area contributed by atoms with Crippen LogP contribution in [-0.4, -0.2) is 17.1 Å². The number of benzene rings is 4. The first-order valence-corrected chi connectivity index (χ1v) is 17.5. The maximum atomic E-state index is 14.2. The number of halogens is 4. The summed E-state index contributed by atoms with van der Waals surface area (Å²) in [6, 6.07) is 25.6. The Morgan fingerprint density at radius 1 is 1.02 bits per heavy atom. The van der Waals surface area contributed by atoms with Crippen LogP contribution in [-0.2, 0) is 16.1 Å². The van der Waals surface area contributed by atoms with E-state index in [1.54, 1.807) is 19.1 Å². The average molecular weight is 877 g/mol. The van der Waals surface area contributed by atoms with Gasteiger partial charge < -0.3 is 9.47 Å². The minimum absolute atomic E-state index is 0.141. The third-order valence-corrected chi connectivity index (χ3v) is 10.0. The fraction of sp³-hybridized carbons (Fsp3) is 0.114. The molecule has 6 nitrogen and oxygen atoms in total. The average Bonchev–Trinajstić information content (AvgIpc) is 3.35. The van der Waals surface area contributed by atoms with E-state index in [2.05, 4.69) is 45.2 Å². The highest BCUT2D eigenvalue weighted by Gasteiger charge is 2.35. The number of aromatic nitrogens is 1. The Hall–Kier alpha value is -3.33. The summed E-state index contributed by atoms with van der Waals surface area (Å²) >= 11 is 11.7. The highest BCUT2D eigenvalue weighted by molar-refractivity contribution is 14.1. The second kappa shape index (κ2) is 14.2. The summed E-state index contributed by atoms with van der Waals surface area (Å²) in [5.41, 5.74) is 3.37. The maximum Gasteiger partial charge on any atom is 0.338 e. The van der Waals surface area contributed by atoms with E-state index >= 15 is 0 Å². The van der Waals surface area contributed by atoms with Crippen molar-refractivity contribution in [3.8, 4) is 5.75 Å². The van der Waals surface area contributed by atoms with Gasteiger partial charge in [-0.2, -0.15) is 0 Å². The largest absolute Gasteiger partial charge is 0.487 e. The second-order valence-electron chi connectivity index (χ2n) is 10.2. The van der Waals surface area contributed by atoms with Crippen LogP contribution in [0.2, 0.25) is 5.02 Å². The van der Waals surface area contributed by atoms with E-state index < -0.39 is 17.8 Å². The van der Waals surface area contributed by atoms with Gasteiger partial charge in [0.2, 0.25) is 0 Å². The van der Waals surface area contributed by atoms with Gasteiger partial charge in [-0.3, -0.25) is 9.36 Å². The van der Waals surface area contributed by atoms with E-state index in [0.717, 1.165) is 24.0 Å². The van der Waals surface area contributed by atoms with Crippen molar-refractivity contribution < 1.29 is 18.7 Å². The second-order valence-corrected chi connectivity index (χ2v) is 14.0. The van der Waals surface area contributed by atoms with Crippen molar-refractivity contribution in [2.75, 3.05) is 6.61 Å². The number of rotatable bonds is 8. The third-order valence-electron chi connectivity index (χ3n) is 7.17. The molecule has 6 rings (SSSR count). The molecule has 2 heterocycles. The molecule has 0 bridgehead atoms. The van der Waals surface area contributed by atoms with Crippen molar-refractivity contribution in [3.63, 3.8) is 0 Å². The van der Waals surface area contributed by atoms with Crippen LogP contribution in [0.4, 0.5) is 4.39 Å². The SMILES string of the molecule is CCOC(=O)C1=C(c2ccccc2)N=c2s/c(=C\c3cc(I)c(OCc4ccc(Cl)cc4)c(I)c3)c(=O)n2[C@@H]1c1ccc(F)cc1. The molecule has 0 fully saturated rings. The van der Waals surface area contributed by atoms with Crippen LogP contribution >= 0.6 is 68.1 Å². The number of hydrogen-bond donors (Lipinski definition) is 0. The van der Waals surface area contributed by atoms with Gasteiger partial charge in [-0.1, -0.05) is 77.5 Å². The number of fused-ring (bicyclic) bond motifs is 1. The molecule has 46 heavy (non-hydrogen) atoms. The first kappa shape index (κ1) is 32.6. The molecule has 0 N–H and O–H groups in total. The Labute approximate surface area is 300 Å². The molecule has 0 unspecified atom stereocenters. The normalized spacial score (nSPS) is 14.5. The highest BCUT2D eigenvalue weighted by atomic mass is 127. The van der Waals surface area contributed by atoms with Crippen LogP contribution in [0.5, 0.6) is 5.75 Å². The zero-order valence-corrected chi connectivity index (χ0v) is 30.1. The number of esters is 1. The van der Waals surface area contributed by atoms with Gasteiger partial charge in [-0.15, -0.1) is 0 Å². The molecule has 0 spiro atoms. The molecule has 0 radical (unpaired) electrons. The topological polar surface area (TPSA) is 69.9 Å². The smallest absolute Gasteiger partial charge is 0.338 e. The third kappa shape index (κ3) is 6.85. The number of hydrogen-bond acceptors (Lipinski definition) is 6. The molecule has 1 atom stereocenters. The van der Waals surface area contributed by atoms with Gasteiger partial charge in [-0.25, -0.2) is 14.2 Å². The van der Waals surface area contributed by atoms with Crippen molar-refractivity contribution >= 4 is 85.9 Å². The van der Waals surface area contributed by atoms with E-state index in [1.807, 2.05) is 72.8 Å². The Bertz CT molecular complexity index is 2130. The molecule has 0 saturated heterocycles. The molecule has 11 heteroatoms. The summed E-state index contributed by atoms with van der Waals surface area (Å²) in [4.78, 5) is 33.0. The number of carbonyl (C=O) groups excluding carboxylic acids is 1. The van der Waals surface area contributed by atoms with E-state index in [0.29, 0.717) is 37.8 Å². The van der Waals surface area contributed by atoms with E-state index in [-0.39, 0.29) is 17.7 Å². The van der Waals surface area contributed by atoms with Gasteiger partial charge >= 0.3 is 5.97 Å². The van der Waals surface area contributed by atoms with Crippen LogP contribution in [0, 0.1) is 13.0 Å². The molecular weight excluding hydrogens is 853 g/mol. The van der Waals surface area contributed by atoms with Crippen molar-refractivity contribution in [2.24, 2.45) is 4.99 Å². The Kier molecular flexibility index (Phi) is 10.1. The monoisotopic (exact) mass is 876 g/mol. The van der Waals surface area contributed by atoms with Crippen molar-refractivity contribution in [2.45, 2.75) is 19.6 Å². The van der Waals surface area contributed by atoms with Crippen LogP contribution < -0.4 is 19.6 Å². The summed E-state index contributed by atoms with van der Waals surface area (Å²) in [5.74, 6) is -0.268. The lowest BCUT2D eigenvalue weighted by Crippen LogP contribution is -2.40. The van der Waals surface area contributed by atoms with Gasteiger partial charge in [0.1, 0.15) is 18.2 Å². The van der Waals surface area contributed by atoms with E-state index in [4.69, 9.17) is 26.1 Å². The summed E-state index contributed by atoms with van der Waals surface area (Å²) in [6.45, 7) is 2.25. The molecule has 0 aliphatic carbocycles. The Balaban J connectivity index is 1.47. The Morgan fingerprint density at radius 3 is 2.35 bits per heavy atom. The lowest BCUT2D eigenvalue weighted by molar-refractivity contribution is -0.138. The molecular formula is C35H24ClFI2N2O4S. The van der Waals surface area contributed by atoms with Gasteiger partial charge in [0, 0.05) is 10.6 Å². The van der Waals surface area contributed by atoms with Gasteiger partial charge in [0.25, 0.3) is 5.56 Å². The van der Waals surface area contributed by atoms with E-state index in [9.17, 15) is 14.0 Å². The minimum atomic E-state index is -0.878. The zero-order chi connectivity index (χ0) is 32.4. The fourth-order valence-electron chi connectivity index (χ4n) is 5.09. The quantitative estimate of drug-likeness (QED) is 0.120. The molecule has 1 aromatic heterocycles. The number of thiazole rings is 1. The van der Waals surface area contributed by atoms with Crippen LogP contribution in [0.1, 0.15) is 35.2 Å². The van der Waals surface area contributed by atoms with Gasteiger partial charge in [0.05, 0.1) is 35.6 Å². The van der Waals surface area contributed by atoms with Crippen molar-refractivity contribution in [1.82, 2.24) is 4.57 Å². The minimum Gasteiger partial charge on any atom is -0.487 e. The first-order valence-electron chi connectivity index (χ1n) is 14.1. The standard InChI is InChI=1S/C35H24ClFI2N2O4S/c1-2-44-34(43)29-30(22-6-4-3-5-7-22)40-35-41(31(29)23-10-14-25(37)15-11-23)33(42)28(46-35)18-21-16-26(38)32(27(39)17-21)45-19-20-8-12-24(36)13-9-20/h3-18,31H,2,19H2,1H3/b28-18-/t31-/m1/s1. The molecule has 5 aromatic rings. The molecule has 1 aliphatic heterocycles. The zero-order valence-electron chi connectivity index (χ0n) is 24.2. The molecule has 0 saturated carbocycles. The number of ether oxygens (including phenoxy) is 2. The van der Waals surface area contributed by atoms with Gasteiger partial charge in [-0.05, 0) is 111 Å². The van der Waals surface area contributed by atoms with E-state index in [1.165, 1.54) is 28.0 Å². The maximum absolute atomic E-state index is 14.2. The Morgan fingerprint density at radius 2 is 1.70 bits per heavy atom. The summed E-state index contributed by atoms with van der Waals surface area (Å²) in [7, 11) is 0. The van der Waals surface area contributed by atoms with Crippen LogP contribution in [0.15, 0.2) is 106 Å². The predicted octanol–water partition coefficient (Wildman–Crippen LogP) is 7.52. The number of nitrogens with zero attached hydrogens (tertiary/aromatic N) is 2.